The summed E-state index contributed by atoms with van der Waals surface area (Å²) in [5.41, 5.74) is 2.91. The number of piperazine rings is 1. The van der Waals surface area contributed by atoms with E-state index >= 15 is 0 Å². The zero-order chi connectivity index (χ0) is 20.6. The van der Waals surface area contributed by atoms with Gasteiger partial charge in [-0.2, -0.15) is 0 Å². The predicted octanol–water partition coefficient (Wildman–Crippen LogP) is 1.88. The number of anilines is 2. The zero-order valence-corrected chi connectivity index (χ0v) is 17.0. The van der Waals surface area contributed by atoms with Gasteiger partial charge in [0.1, 0.15) is 5.75 Å². The Morgan fingerprint density at radius 1 is 1.00 bits per heavy atom. The molecular weight excluding hydrogens is 368 g/mol. The molecule has 1 heterocycles. The van der Waals surface area contributed by atoms with Crippen LogP contribution in [0.25, 0.3) is 0 Å². The molecule has 7 nitrogen and oxygen atoms in total. The Kier molecular flexibility index (Phi) is 7.08. The molecule has 0 spiro atoms. The van der Waals surface area contributed by atoms with Crippen LogP contribution in [0.15, 0.2) is 48.5 Å². The van der Waals surface area contributed by atoms with Crippen molar-refractivity contribution < 1.29 is 14.3 Å². The van der Waals surface area contributed by atoms with Gasteiger partial charge in [-0.05, 0) is 49.9 Å². The summed E-state index contributed by atoms with van der Waals surface area (Å²) in [7, 11) is 2.13. The van der Waals surface area contributed by atoms with Crippen molar-refractivity contribution in [1.82, 2.24) is 10.2 Å². The number of hydrogen-bond donors (Lipinski definition) is 2. The van der Waals surface area contributed by atoms with Gasteiger partial charge in [-0.3, -0.25) is 9.59 Å². The van der Waals surface area contributed by atoms with Crippen molar-refractivity contribution in [3.05, 3.63) is 54.1 Å². The molecule has 3 rings (SSSR count). The third-order valence-electron chi connectivity index (χ3n) is 4.91. The number of hydrogen-bond acceptors (Lipinski definition) is 5. The minimum Gasteiger partial charge on any atom is -0.484 e. The Hall–Kier alpha value is -3.06. The number of carbonyl (C=O) groups is 2. The Balaban J connectivity index is 1.44. The summed E-state index contributed by atoms with van der Waals surface area (Å²) >= 11 is 0. The highest BCUT2D eigenvalue weighted by Gasteiger charge is 2.15. The number of benzene rings is 2. The molecule has 1 aliphatic heterocycles. The SMILES string of the molecule is Cc1cc(N2CCN(C)CC2)ccc1NC(=O)CNC(=O)COc1ccccc1. The maximum atomic E-state index is 12.2. The summed E-state index contributed by atoms with van der Waals surface area (Å²) in [5.74, 6) is 0.00261. The predicted molar refractivity (Wildman–Crippen MR) is 114 cm³/mol. The van der Waals surface area contributed by atoms with Crippen LogP contribution in [0.4, 0.5) is 11.4 Å². The molecule has 2 aromatic carbocycles. The van der Waals surface area contributed by atoms with Gasteiger partial charge in [-0.1, -0.05) is 18.2 Å². The van der Waals surface area contributed by atoms with E-state index in [2.05, 4.69) is 33.5 Å². The summed E-state index contributed by atoms with van der Waals surface area (Å²) in [6, 6.07) is 15.1. The van der Waals surface area contributed by atoms with Gasteiger partial charge in [0.15, 0.2) is 6.61 Å². The van der Waals surface area contributed by atoms with Crippen molar-refractivity contribution in [2.24, 2.45) is 0 Å². The second-order valence-electron chi connectivity index (χ2n) is 7.22. The maximum Gasteiger partial charge on any atom is 0.258 e. The van der Waals surface area contributed by atoms with Crippen LogP contribution in [0.2, 0.25) is 0 Å². The molecule has 2 aromatic rings. The highest BCUT2D eigenvalue weighted by atomic mass is 16.5. The number of ether oxygens (including phenoxy) is 1. The van der Waals surface area contributed by atoms with E-state index in [1.165, 1.54) is 5.69 Å². The number of para-hydroxylation sites is 1. The molecule has 0 bridgehead atoms. The molecule has 0 saturated carbocycles. The van der Waals surface area contributed by atoms with E-state index in [1.807, 2.05) is 37.3 Å². The first kappa shape index (κ1) is 20.7. The van der Waals surface area contributed by atoms with Crippen LogP contribution in [0.3, 0.4) is 0 Å². The van der Waals surface area contributed by atoms with Crippen LogP contribution in [0, 0.1) is 6.92 Å². The molecule has 7 heteroatoms. The molecular formula is C22H28N4O3. The summed E-state index contributed by atoms with van der Waals surface area (Å²) in [6.45, 7) is 5.84. The normalized spacial score (nSPS) is 14.3. The zero-order valence-electron chi connectivity index (χ0n) is 17.0. The fraction of sp³-hybridized carbons (Fsp3) is 0.364. The van der Waals surface area contributed by atoms with Crippen molar-refractivity contribution in [3.63, 3.8) is 0 Å². The fourth-order valence-electron chi connectivity index (χ4n) is 3.14. The van der Waals surface area contributed by atoms with Gasteiger partial charge in [-0.25, -0.2) is 0 Å². The largest absolute Gasteiger partial charge is 0.484 e. The number of amides is 2. The lowest BCUT2D eigenvalue weighted by molar-refractivity contribution is -0.125. The van der Waals surface area contributed by atoms with Gasteiger partial charge in [0.05, 0.1) is 6.54 Å². The highest BCUT2D eigenvalue weighted by molar-refractivity contribution is 5.95. The smallest absolute Gasteiger partial charge is 0.258 e. The summed E-state index contributed by atoms with van der Waals surface area (Å²) in [6.07, 6.45) is 0. The van der Waals surface area contributed by atoms with E-state index in [-0.39, 0.29) is 25.0 Å². The Bertz CT molecular complexity index is 833. The first-order valence-corrected chi connectivity index (χ1v) is 9.80. The number of carbonyl (C=O) groups excluding carboxylic acids is 2. The molecule has 2 amide bonds. The van der Waals surface area contributed by atoms with E-state index in [4.69, 9.17) is 4.74 Å². The van der Waals surface area contributed by atoms with Crippen LogP contribution in [0.5, 0.6) is 5.75 Å². The van der Waals surface area contributed by atoms with Crippen LogP contribution < -0.4 is 20.3 Å². The lowest BCUT2D eigenvalue weighted by Crippen LogP contribution is -2.44. The lowest BCUT2D eigenvalue weighted by atomic mass is 10.1. The monoisotopic (exact) mass is 396 g/mol. The number of aryl methyl sites for hydroxylation is 1. The molecule has 0 aliphatic carbocycles. The van der Waals surface area contributed by atoms with Gasteiger partial charge >= 0.3 is 0 Å². The summed E-state index contributed by atoms with van der Waals surface area (Å²) in [4.78, 5) is 28.7. The highest BCUT2D eigenvalue weighted by Crippen LogP contribution is 2.23. The molecule has 1 saturated heterocycles. The standard InChI is InChI=1S/C22H28N4O3/c1-17-14-18(26-12-10-25(2)11-13-26)8-9-20(17)24-21(27)15-23-22(28)16-29-19-6-4-3-5-7-19/h3-9,14H,10-13,15-16H2,1-2H3,(H,23,28)(H,24,27). The average Bonchev–Trinajstić information content (AvgIpc) is 2.73. The van der Waals surface area contributed by atoms with E-state index in [0.29, 0.717) is 5.75 Å². The van der Waals surface area contributed by atoms with Crippen molar-refractivity contribution in [1.29, 1.82) is 0 Å². The van der Waals surface area contributed by atoms with Gasteiger partial charge in [0.2, 0.25) is 5.91 Å². The molecule has 29 heavy (non-hydrogen) atoms. The number of likely N-dealkylation sites (N-methyl/N-ethyl adjacent to an activating group) is 1. The lowest BCUT2D eigenvalue weighted by Gasteiger charge is -2.34. The minimum atomic E-state index is -0.342. The van der Waals surface area contributed by atoms with Gasteiger partial charge in [0, 0.05) is 37.6 Å². The number of nitrogens with one attached hydrogen (secondary N) is 2. The molecule has 0 radical (unpaired) electrons. The third kappa shape index (κ3) is 6.22. The quantitative estimate of drug-likeness (QED) is 0.748. The van der Waals surface area contributed by atoms with Gasteiger partial charge < -0.3 is 25.2 Å². The fourth-order valence-corrected chi connectivity index (χ4v) is 3.14. The van der Waals surface area contributed by atoms with E-state index in [9.17, 15) is 9.59 Å². The Morgan fingerprint density at radius 2 is 1.72 bits per heavy atom. The molecule has 2 N–H and O–H groups in total. The second kappa shape index (κ2) is 9.93. The third-order valence-corrected chi connectivity index (χ3v) is 4.91. The average molecular weight is 396 g/mol. The van der Waals surface area contributed by atoms with E-state index in [1.54, 1.807) is 12.1 Å². The number of rotatable bonds is 7. The summed E-state index contributed by atoms with van der Waals surface area (Å²) in [5, 5.41) is 5.43. The molecule has 154 valence electrons. The minimum absolute atomic E-state index is 0.101. The van der Waals surface area contributed by atoms with Crippen molar-refractivity contribution in [3.8, 4) is 5.75 Å². The first-order chi connectivity index (χ1) is 14.0. The van der Waals surface area contributed by atoms with Crippen LogP contribution in [-0.2, 0) is 9.59 Å². The molecule has 0 atom stereocenters. The number of nitrogens with zero attached hydrogens (tertiary/aromatic N) is 2. The van der Waals surface area contributed by atoms with Crippen molar-refractivity contribution in [2.45, 2.75) is 6.92 Å². The van der Waals surface area contributed by atoms with Crippen LogP contribution in [0.1, 0.15) is 5.56 Å². The van der Waals surface area contributed by atoms with Crippen molar-refractivity contribution in [2.75, 3.05) is 56.6 Å². The first-order valence-electron chi connectivity index (χ1n) is 9.80. The Labute approximate surface area is 171 Å². The van der Waals surface area contributed by atoms with Crippen LogP contribution >= 0.6 is 0 Å². The molecule has 1 fully saturated rings. The van der Waals surface area contributed by atoms with E-state index in [0.717, 1.165) is 37.4 Å². The summed E-state index contributed by atoms with van der Waals surface area (Å²) < 4.78 is 5.36. The molecule has 0 unspecified atom stereocenters. The van der Waals surface area contributed by atoms with E-state index < -0.39 is 0 Å². The van der Waals surface area contributed by atoms with Gasteiger partial charge in [0.25, 0.3) is 5.91 Å². The topological polar surface area (TPSA) is 73.9 Å². The maximum absolute atomic E-state index is 12.2. The van der Waals surface area contributed by atoms with Gasteiger partial charge in [-0.15, -0.1) is 0 Å². The van der Waals surface area contributed by atoms with Crippen molar-refractivity contribution >= 4 is 23.2 Å². The molecule has 0 aromatic heterocycles. The molecule has 1 aliphatic rings. The Morgan fingerprint density at radius 3 is 2.41 bits per heavy atom. The van der Waals surface area contributed by atoms with Crippen LogP contribution in [-0.4, -0.2) is 63.1 Å². The second-order valence-corrected chi connectivity index (χ2v) is 7.22.